The molecule has 246 valence electrons. The zero-order valence-corrected chi connectivity index (χ0v) is 27.0. The summed E-state index contributed by atoms with van der Waals surface area (Å²) >= 11 is 0. The van der Waals surface area contributed by atoms with E-state index in [2.05, 4.69) is 13.8 Å². The normalized spacial score (nSPS) is 13.5. The summed E-state index contributed by atoms with van der Waals surface area (Å²) in [5.41, 5.74) is -2.83. The molecule has 0 aliphatic carbocycles. The molecule has 0 spiro atoms. The Hall–Kier alpha value is -1.96. The van der Waals surface area contributed by atoms with Crippen LogP contribution in [0, 0.1) is 11.8 Å². The van der Waals surface area contributed by atoms with E-state index in [0.29, 0.717) is 19.3 Å². The lowest BCUT2D eigenvalue weighted by molar-refractivity contribution is -0.184. The van der Waals surface area contributed by atoms with Crippen LogP contribution in [0.4, 0.5) is 0 Å². The fraction of sp³-hybridized carbons (Fsp3) is 0.882. The third-order valence-corrected chi connectivity index (χ3v) is 8.13. The molecule has 3 N–H and O–H groups in total. The lowest BCUT2D eigenvalue weighted by Gasteiger charge is -2.29. The van der Waals surface area contributed by atoms with Gasteiger partial charge in [-0.25, -0.2) is 4.79 Å². The minimum absolute atomic E-state index is 0.00943. The lowest BCUT2D eigenvalue weighted by atomic mass is 9.81. The van der Waals surface area contributed by atoms with Crippen molar-refractivity contribution in [2.45, 2.75) is 180 Å². The van der Waals surface area contributed by atoms with Gasteiger partial charge < -0.3 is 20.1 Å². The summed E-state index contributed by atoms with van der Waals surface area (Å²) in [6.45, 7) is 6.56. The number of aliphatic hydroxyl groups is 1. The summed E-state index contributed by atoms with van der Waals surface area (Å²) in [4.78, 5) is 47.8. The third-order valence-electron chi connectivity index (χ3n) is 8.13. The number of rotatable bonds is 29. The molecule has 0 amide bonds. The fourth-order valence-electron chi connectivity index (χ4n) is 5.44. The van der Waals surface area contributed by atoms with Gasteiger partial charge in [-0.3, -0.25) is 14.4 Å². The van der Waals surface area contributed by atoms with Crippen molar-refractivity contribution in [3.63, 3.8) is 0 Å². The van der Waals surface area contributed by atoms with Crippen molar-refractivity contribution in [2.24, 2.45) is 11.8 Å². The second kappa shape index (κ2) is 25.5. The van der Waals surface area contributed by atoms with Crippen LogP contribution in [0.1, 0.15) is 175 Å². The molecule has 8 heteroatoms. The molecule has 0 saturated carbocycles. The Labute approximate surface area is 255 Å². The van der Waals surface area contributed by atoms with Crippen LogP contribution in [-0.2, 0) is 23.9 Å². The molecule has 0 aromatic carbocycles. The first-order valence-corrected chi connectivity index (χ1v) is 17.0. The van der Waals surface area contributed by atoms with Crippen LogP contribution in [0.2, 0.25) is 0 Å². The van der Waals surface area contributed by atoms with E-state index < -0.39 is 41.8 Å². The minimum atomic E-state index is -2.83. The highest BCUT2D eigenvalue weighted by molar-refractivity contribution is 5.93. The molecular formula is C34H62O8. The second-order valence-corrected chi connectivity index (χ2v) is 12.6. The van der Waals surface area contributed by atoms with Gasteiger partial charge in [0.15, 0.2) is 5.60 Å². The molecule has 2 atom stereocenters. The predicted octanol–water partition coefficient (Wildman–Crippen LogP) is 8.61. The quantitative estimate of drug-likeness (QED) is 0.0442. The molecule has 0 bridgehead atoms. The van der Waals surface area contributed by atoms with Crippen LogP contribution in [0.25, 0.3) is 0 Å². The smallest absolute Gasteiger partial charge is 0.337 e. The summed E-state index contributed by atoms with van der Waals surface area (Å²) in [6.07, 6.45) is 22.5. The molecule has 42 heavy (non-hydrogen) atoms. The monoisotopic (exact) mass is 598 g/mol. The van der Waals surface area contributed by atoms with Crippen molar-refractivity contribution in [1.82, 2.24) is 0 Å². The van der Waals surface area contributed by atoms with E-state index in [0.717, 1.165) is 38.0 Å². The topological polar surface area (TPSA) is 138 Å². The molecule has 0 fully saturated rings. The van der Waals surface area contributed by atoms with Crippen molar-refractivity contribution in [2.75, 3.05) is 0 Å². The summed E-state index contributed by atoms with van der Waals surface area (Å²) in [5, 5.41) is 29.4. The van der Waals surface area contributed by atoms with Crippen LogP contribution in [0.15, 0.2) is 0 Å². The second-order valence-electron chi connectivity index (χ2n) is 12.6. The van der Waals surface area contributed by atoms with Crippen LogP contribution >= 0.6 is 0 Å². The molecule has 0 heterocycles. The fourth-order valence-corrected chi connectivity index (χ4v) is 5.44. The number of carboxylic acid groups (broad SMARTS) is 2. The first-order valence-electron chi connectivity index (χ1n) is 17.0. The highest BCUT2D eigenvalue weighted by atomic mass is 16.6. The molecule has 0 aromatic heterocycles. The van der Waals surface area contributed by atoms with Gasteiger partial charge >= 0.3 is 23.9 Å². The number of esters is 2. The summed E-state index contributed by atoms with van der Waals surface area (Å²) in [5.74, 6) is -6.11. The van der Waals surface area contributed by atoms with Gasteiger partial charge in [-0.15, -0.1) is 0 Å². The number of carbonyl (C=O) groups excluding carboxylic acids is 2. The van der Waals surface area contributed by atoms with Crippen LogP contribution in [0.3, 0.4) is 0 Å². The van der Waals surface area contributed by atoms with Crippen molar-refractivity contribution < 1.29 is 39.2 Å². The van der Waals surface area contributed by atoms with Gasteiger partial charge in [0.1, 0.15) is 0 Å². The molecule has 0 aliphatic rings. The Morgan fingerprint density at radius 1 is 0.619 bits per heavy atom. The van der Waals surface area contributed by atoms with E-state index in [1.807, 2.05) is 6.92 Å². The number of carbonyl (C=O) groups is 4. The largest absolute Gasteiger partial charge is 0.481 e. The number of ether oxygens (including phenoxy) is 1. The van der Waals surface area contributed by atoms with Gasteiger partial charge in [0.25, 0.3) is 0 Å². The Bertz CT molecular complexity index is 735. The minimum Gasteiger partial charge on any atom is -0.481 e. The molecule has 8 nitrogen and oxygen atoms in total. The molecule has 0 saturated heterocycles. The Morgan fingerprint density at radius 2 is 1.02 bits per heavy atom. The summed E-state index contributed by atoms with van der Waals surface area (Å²) in [6, 6.07) is 0. The SMILES string of the molecule is CCCCCC(=O)OC(=O)C(CCCCCCCCCCCCCCCCCCCC(C)C)C(O)(CC(=O)O)C(=O)O. The van der Waals surface area contributed by atoms with E-state index in [9.17, 15) is 29.4 Å². The zero-order valence-electron chi connectivity index (χ0n) is 27.0. The van der Waals surface area contributed by atoms with Gasteiger partial charge in [0.2, 0.25) is 0 Å². The van der Waals surface area contributed by atoms with Crippen molar-refractivity contribution >= 4 is 23.9 Å². The maximum Gasteiger partial charge on any atom is 0.337 e. The van der Waals surface area contributed by atoms with Crippen LogP contribution < -0.4 is 0 Å². The first kappa shape index (κ1) is 40.0. The van der Waals surface area contributed by atoms with E-state index in [1.165, 1.54) is 83.5 Å². The Morgan fingerprint density at radius 3 is 1.38 bits per heavy atom. The van der Waals surface area contributed by atoms with Crippen molar-refractivity contribution in [1.29, 1.82) is 0 Å². The molecule has 2 unspecified atom stereocenters. The summed E-state index contributed by atoms with van der Waals surface area (Å²) in [7, 11) is 0. The summed E-state index contributed by atoms with van der Waals surface area (Å²) < 4.78 is 4.84. The molecule has 0 aliphatic heterocycles. The highest BCUT2D eigenvalue weighted by Gasteiger charge is 2.50. The van der Waals surface area contributed by atoms with Gasteiger partial charge in [0, 0.05) is 6.42 Å². The van der Waals surface area contributed by atoms with Gasteiger partial charge in [-0.1, -0.05) is 149 Å². The molecule has 0 radical (unpaired) electrons. The van der Waals surface area contributed by atoms with Crippen LogP contribution in [-0.4, -0.2) is 44.8 Å². The van der Waals surface area contributed by atoms with Crippen molar-refractivity contribution in [3.8, 4) is 0 Å². The van der Waals surface area contributed by atoms with E-state index >= 15 is 0 Å². The van der Waals surface area contributed by atoms with Crippen molar-refractivity contribution in [3.05, 3.63) is 0 Å². The number of aliphatic carboxylic acids is 2. The number of carboxylic acids is 2. The highest BCUT2D eigenvalue weighted by Crippen LogP contribution is 2.29. The average Bonchev–Trinajstić information content (AvgIpc) is 2.91. The standard InChI is InChI=1S/C34H62O8/c1-4-5-21-26-31(37)42-32(38)29(34(41,33(39)40)27-30(35)36)25-23-20-18-16-14-12-10-8-6-7-9-11-13-15-17-19-22-24-28(2)3/h28-29,41H,4-27H2,1-3H3,(H,35,36)(H,39,40). The predicted molar refractivity (Wildman–Crippen MR) is 166 cm³/mol. The number of hydrogen-bond acceptors (Lipinski definition) is 6. The first-order chi connectivity index (χ1) is 20.0. The molecular weight excluding hydrogens is 536 g/mol. The Balaban J connectivity index is 4.17. The van der Waals surface area contributed by atoms with E-state index in [1.54, 1.807) is 0 Å². The Kier molecular flexibility index (Phi) is 24.3. The number of hydrogen-bond donors (Lipinski definition) is 3. The maximum atomic E-state index is 12.7. The average molecular weight is 599 g/mol. The van der Waals surface area contributed by atoms with Gasteiger partial charge in [0.05, 0.1) is 12.3 Å². The zero-order chi connectivity index (χ0) is 31.6. The van der Waals surface area contributed by atoms with Crippen LogP contribution in [0.5, 0.6) is 0 Å². The molecule has 0 aromatic rings. The number of unbranched alkanes of at least 4 members (excludes halogenated alkanes) is 18. The third kappa shape index (κ3) is 20.8. The van der Waals surface area contributed by atoms with Gasteiger partial charge in [-0.2, -0.15) is 0 Å². The van der Waals surface area contributed by atoms with E-state index in [-0.39, 0.29) is 12.8 Å². The lowest BCUT2D eigenvalue weighted by Crippen LogP contribution is -2.51. The van der Waals surface area contributed by atoms with E-state index in [4.69, 9.17) is 9.84 Å². The molecule has 0 rings (SSSR count). The maximum absolute atomic E-state index is 12.7. The van der Waals surface area contributed by atoms with Gasteiger partial charge in [-0.05, 0) is 18.8 Å².